The number of amides is 1. The van der Waals surface area contributed by atoms with Crippen molar-refractivity contribution >= 4 is 29.0 Å². The standard InChI is InChI=1S/C17H14ClN3OS/c1-11(12-5-3-2-4-6-12)19-17(22)16-15(20-21-23-16)13-7-9-14(18)10-8-13/h2-11H,1H3,(H,19,22)/t11-/m0/s1. The molecule has 0 aliphatic heterocycles. The lowest BCUT2D eigenvalue weighted by molar-refractivity contribution is 0.0944. The number of nitrogens with one attached hydrogen (secondary N) is 1. The molecular formula is C17H14ClN3OS. The van der Waals surface area contributed by atoms with Gasteiger partial charge in [-0.3, -0.25) is 4.79 Å². The third-order valence-electron chi connectivity index (χ3n) is 3.46. The van der Waals surface area contributed by atoms with Gasteiger partial charge in [0.2, 0.25) is 0 Å². The van der Waals surface area contributed by atoms with Gasteiger partial charge in [0.1, 0.15) is 10.6 Å². The van der Waals surface area contributed by atoms with Gasteiger partial charge >= 0.3 is 0 Å². The molecule has 116 valence electrons. The van der Waals surface area contributed by atoms with Gasteiger partial charge in [0, 0.05) is 10.6 Å². The second-order valence-corrected chi connectivity index (χ2v) is 6.25. The lowest BCUT2D eigenvalue weighted by Gasteiger charge is -2.13. The van der Waals surface area contributed by atoms with Gasteiger partial charge in [-0.25, -0.2) is 0 Å². The predicted octanol–water partition coefficient (Wildman–Crippen LogP) is 4.35. The van der Waals surface area contributed by atoms with Crippen LogP contribution in [-0.2, 0) is 0 Å². The van der Waals surface area contributed by atoms with E-state index in [0.29, 0.717) is 15.6 Å². The Kier molecular flexibility index (Phi) is 4.69. The van der Waals surface area contributed by atoms with E-state index in [9.17, 15) is 4.79 Å². The van der Waals surface area contributed by atoms with Gasteiger partial charge in [0.15, 0.2) is 0 Å². The molecule has 0 unspecified atom stereocenters. The fraction of sp³-hybridized carbons (Fsp3) is 0.118. The van der Waals surface area contributed by atoms with Crippen molar-refractivity contribution in [2.45, 2.75) is 13.0 Å². The third-order valence-corrected chi connectivity index (χ3v) is 4.44. The molecule has 1 amide bonds. The zero-order chi connectivity index (χ0) is 16.2. The second-order valence-electron chi connectivity index (χ2n) is 5.06. The predicted molar refractivity (Wildman–Crippen MR) is 92.7 cm³/mol. The third kappa shape index (κ3) is 3.57. The molecule has 1 aromatic heterocycles. The van der Waals surface area contributed by atoms with Crippen LogP contribution < -0.4 is 5.32 Å². The number of hydrogen-bond donors (Lipinski definition) is 1. The molecule has 0 radical (unpaired) electrons. The molecule has 1 atom stereocenters. The first kappa shape index (κ1) is 15.6. The molecule has 3 rings (SSSR count). The van der Waals surface area contributed by atoms with E-state index in [1.54, 1.807) is 12.1 Å². The fourth-order valence-corrected chi connectivity index (χ4v) is 2.94. The zero-order valence-electron chi connectivity index (χ0n) is 12.4. The average Bonchev–Trinajstić information content (AvgIpc) is 3.06. The minimum atomic E-state index is -0.179. The SMILES string of the molecule is C[C@H](NC(=O)c1snnc1-c1ccc(Cl)cc1)c1ccccc1. The molecule has 23 heavy (non-hydrogen) atoms. The van der Waals surface area contributed by atoms with Crippen molar-refractivity contribution in [1.29, 1.82) is 0 Å². The Hall–Kier alpha value is -2.24. The van der Waals surface area contributed by atoms with Crippen LogP contribution in [0.3, 0.4) is 0 Å². The minimum absolute atomic E-state index is 0.0936. The van der Waals surface area contributed by atoms with Gasteiger partial charge in [-0.15, -0.1) is 5.10 Å². The largest absolute Gasteiger partial charge is 0.345 e. The van der Waals surface area contributed by atoms with Crippen LogP contribution in [0.4, 0.5) is 0 Å². The maximum absolute atomic E-state index is 12.5. The molecule has 0 saturated heterocycles. The normalized spacial score (nSPS) is 11.9. The molecule has 0 aliphatic rings. The summed E-state index contributed by atoms with van der Waals surface area (Å²) in [6.07, 6.45) is 0. The smallest absolute Gasteiger partial charge is 0.265 e. The highest BCUT2D eigenvalue weighted by molar-refractivity contribution is 7.08. The van der Waals surface area contributed by atoms with Crippen molar-refractivity contribution in [2.75, 3.05) is 0 Å². The van der Waals surface area contributed by atoms with Crippen molar-refractivity contribution in [3.63, 3.8) is 0 Å². The number of nitrogens with zero attached hydrogens (tertiary/aromatic N) is 2. The number of aromatic nitrogens is 2. The van der Waals surface area contributed by atoms with Crippen LogP contribution in [-0.4, -0.2) is 15.5 Å². The summed E-state index contributed by atoms with van der Waals surface area (Å²) in [5.41, 5.74) is 2.44. The second kappa shape index (κ2) is 6.89. The molecule has 0 aliphatic carbocycles. The summed E-state index contributed by atoms with van der Waals surface area (Å²) in [6.45, 7) is 1.95. The Morgan fingerprint density at radius 2 is 1.83 bits per heavy atom. The van der Waals surface area contributed by atoms with Gasteiger partial charge in [0.25, 0.3) is 5.91 Å². The Morgan fingerprint density at radius 1 is 1.13 bits per heavy atom. The summed E-state index contributed by atoms with van der Waals surface area (Å²) in [5, 5.41) is 7.71. The van der Waals surface area contributed by atoms with E-state index in [0.717, 1.165) is 22.7 Å². The van der Waals surface area contributed by atoms with E-state index in [2.05, 4.69) is 14.9 Å². The summed E-state index contributed by atoms with van der Waals surface area (Å²) in [5.74, 6) is -0.179. The zero-order valence-corrected chi connectivity index (χ0v) is 13.9. The van der Waals surface area contributed by atoms with E-state index in [1.165, 1.54) is 0 Å². The molecular weight excluding hydrogens is 330 g/mol. The first-order valence-corrected chi connectivity index (χ1v) is 8.24. The van der Waals surface area contributed by atoms with E-state index >= 15 is 0 Å². The number of carbonyl (C=O) groups excluding carboxylic acids is 1. The van der Waals surface area contributed by atoms with Crippen LogP contribution in [0.2, 0.25) is 5.02 Å². The highest BCUT2D eigenvalue weighted by atomic mass is 35.5. The maximum Gasteiger partial charge on any atom is 0.265 e. The van der Waals surface area contributed by atoms with Crippen LogP contribution in [0.5, 0.6) is 0 Å². The first-order chi connectivity index (χ1) is 11.1. The molecule has 3 aromatic rings. The Labute approximate surface area is 143 Å². The minimum Gasteiger partial charge on any atom is -0.345 e. The number of benzene rings is 2. The summed E-state index contributed by atoms with van der Waals surface area (Å²) in [7, 11) is 0. The van der Waals surface area contributed by atoms with Crippen molar-refractivity contribution < 1.29 is 4.79 Å². The monoisotopic (exact) mass is 343 g/mol. The highest BCUT2D eigenvalue weighted by Gasteiger charge is 2.19. The van der Waals surface area contributed by atoms with Gasteiger partial charge < -0.3 is 5.32 Å². The first-order valence-electron chi connectivity index (χ1n) is 7.09. The molecule has 1 N–H and O–H groups in total. The van der Waals surface area contributed by atoms with Crippen LogP contribution in [0, 0.1) is 0 Å². The van der Waals surface area contributed by atoms with Gasteiger partial charge in [0.05, 0.1) is 6.04 Å². The molecule has 0 spiro atoms. The number of carbonyl (C=O) groups is 1. The van der Waals surface area contributed by atoms with Crippen molar-refractivity contribution in [3.8, 4) is 11.3 Å². The van der Waals surface area contributed by atoms with Gasteiger partial charge in [-0.05, 0) is 36.2 Å². The molecule has 1 heterocycles. The molecule has 2 aromatic carbocycles. The highest BCUT2D eigenvalue weighted by Crippen LogP contribution is 2.26. The summed E-state index contributed by atoms with van der Waals surface area (Å²) in [4.78, 5) is 13.0. The van der Waals surface area contributed by atoms with Crippen molar-refractivity contribution in [1.82, 2.24) is 14.9 Å². The van der Waals surface area contributed by atoms with Gasteiger partial charge in [-0.2, -0.15) is 0 Å². The lowest BCUT2D eigenvalue weighted by Crippen LogP contribution is -2.26. The van der Waals surface area contributed by atoms with E-state index in [-0.39, 0.29) is 11.9 Å². The van der Waals surface area contributed by atoms with Crippen molar-refractivity contribution in [2.24, 2.45) is 0 Å². The van der Waals surface area contributed by atoms with Crippen LogP contribution in [0.1, 0.15) is 28.2 Å². The molecule has 0 saturated carbocycles. The van der Waals surface area contributed by atoms with E-state index in [4.69, 9.17) is 11.6 Å². The quantitative estimate of drug-likeness (QED) is 0.766. The number of rotatable bonds is 4. The van der Waals surface area contributed by atoms with E-state index < -0.39 is 0 Å². The van der Waals surface area contributed by atoms with Crippen LogP contribution in [0.25, 0.3) is 11.3 Å². The molecule has 0 bridgehead atoms. The van der Waals surface area contributed by atoms with Crippen molar-refractivity contribution in [3.05, 3.63) is 70.1 Å². The summed E-state index contributed by atoms with van der Waals surface area (Å²) in [6, 6.07) is 16.9. The van der Waals surface area contributed by atoms with Crippen LogP contribution in [0.15, 0.2) is 54.6 Å². The summed E-state index contributed by atoms with van der Waals surface area (Å²) >= 11 is 6.99. The Morgan fingerprint density at radius 3 is 2.52 bits per heavy atom. The lowest BCUT2D eigenvalue weighted by atomic mass is 10.1. The Balaban J connectivity index is 1.81. The molecule has 4 nitrogen and oxygen atoms in total. The van der Waals surface area contributed by atoms with Gasteiger partial charge in [-0.1, -0.05) is 58.6 Å². The maximum atomic E-state index is 12.5. The topological polar surface area (TPSA) is 54.9 Å². The average molecular weight is 344 g/mol. The molecule has 6 heteroatoms. The summed E-state index contributed by atoms with van der Waals surface area (Å²) < 4.78 is 3.92. The van der Waals surface area contributed by atoms with E-state index in [1.807, 2.05) is 49.4 Å². The number of halogens is 1. The van der Waals surface area contributed by atoms with Crippen LogP contribution >= 0.6 is 23.1 Å². The Bertz CT molecular complexity index is 802. The molecule has 0 fully saturated rings. The number of hydrogen-bond acceptors (Lipinski definition) is 4. The fourth-order valence-electron chi connectivity index (χ4n) is 2.22.